The molecule has 2 N–H and O–H groups in total. The number of ether oxygens (including phenoxy) is 1. The second-order valence-corrected chi connectivity index (χ2v) is 6.96. The van der Waals surface area contributed by atoms with Gasteiger partial charge in [-0.25, -0.2) is 4.98 Å². The quantitative estimate of drug-likeness (QED) is 0.817. The minimum Gasteiger partial charge on any atom is -0.496 e. The summed E-state index contributed by atoms with van der Waals surface area (Å²) in [4.78, 5) is 29.7. The lowest BCUT2D eigenvalue weighted by molar-refractivity contribution is 0.0927. The Morgan fingerprint density at radius 3 is 2.74 bits per heavy atom. The summed E-state index contributed by atoms with van der Waals surface area (Å²) in [6.07, 6.45) is 2.72. The van der Waals surface area contributed by atoms with Crippen LogP contribution in [0.25, 0.3) is 0 Å². The molecule has 1 aromatic carbocycles. The summed E-state index contributed by atoms with van der Waals surface area (Å²) in [7, 11) is 1.60. The van der Waals surface area contributed by atoms with Crippen molar-refractivity contribution in [2.24, 2.45) is 0 Å². The summed E-state index contributed by atoms with van der Waals surface area (Å²) in [6, 6.07) is 7.56. The van der Waals surface area contributed by atoms with E-state index in [-0.39, 0.29) is 17.9 Å². The number of benzene rings is 1. The fourth-order valence-corrected chi connectivity index (χ4v) is 3.33. The Labute approximate surface area is 159 Å². The van der Waals surface area contributed by atoms with Crippen LogP contribution in [0.1, 0.15) is 59.1 Å². The zero-order chi connectivity index (χ0) is 19.4. The van der Waals surface area contributed by atoms with E-state index in [2.05, 4.69) is 15.6 Å². The molecule has 2 amide bonds. The van der Waals surface area contributed by atoms with Crippen LogP contribution < -0.4 is 15.4 Å². The summed E-state index contributed by atoms with van der Waals surface area (Å²) < 4.78 is 7.21. The monoisotopic (exact) mass is 370 g/mol. The molecule has 0 unspecified atom stereocenters. The second kappa shape index (κ2) is 8.24. The third-order valence-electron chi connectivity index (χ3n) is 4.59. The Kier molecular flexibility index (Phi) is 5.78. The molecule has 0 fully saturated rings. The topological polar surface area (TPSA) is 85.2 Å². The molecule has 1 aromatic heterocycles. The van der Waals surface area contributed by atoms with Crippen molar-refractivity contribution >= 4 is 11.8 Å². The van der Waals surface area contributed by atoms with E-state index in [1.807, 2.05) is 42.7 Å². The van der Waals surface area contributed by atoms with Gasteiger partial charge in [-0.05, 0) is 39.2 Å². The summed E-state index contributed by atoms with van der Waals surface area (Å²) in [5.41, 5.74) is 2.07. The van der Waals surface area contributed by atoms with Crippen LogP contribution in [0.4, 0.5) is 0 Å². The predicted molar refractivity (Wildman–Crippen MR) is 102 cm³/mol. The molecular formula is C20H26N4O3. The smallest absolute Gasteiger partial charge is 0.287 e. The molecule has 1 aliphatic rings. The van der Waals surface area contributed by atoms with Crippen LogP contribution in [-0.2, 0) is 19.5 Å². The number of para-hydroxylation sites is 1. The number of rotatable bonds is 6. The van der Waals surface area contributed by atoms with Crippen LogP contribution in [0, 0.1) is 0 Å². The zero-order valence-corrected chi connectivity index (χ0v) is 16.0. The SMILES string of the molecule is COc1ccccc1CNC(=O)c1nc(C(=O)NC(C)C)n2c1CCCC2. The van der Waals surface area contributed by atoms with Gasteiger partial charge >= 0.3 is 0 Å². The van der Waals surface area contributed by atoms with Crippen molar-refractivity contribution in [1.29, 1.82) is 0 Å². The van der Waals surface area contributed by atoms with Crippen LogP contribution in [0.3, 0.4) is 0 Å². The highest BCUT2D eigenvalue weighted by Crippen LogP contribution is 2.22. The minimum atomic E-state index is -0.268. The van der Waals surface area contributed by atoms with E-state index in [1.54, 1.807) is 7.11 Å². The number of hydrogen-bond donors (Lipinski definition) is 2. The lowest BCUT2D eigenvalue weighted by Gasteiger charge is -2.17. The number of hydrogen-bond acceptors (Lipinski definition) is 4. The third kappa shape index (κ3) is 4.13. The number of carbonyl (C=O) groups is 2. The maximum atomic E-state index is 12.8. The molecule has 0 saturated carbocycles. The lowest BCUT2D eigenvalue weighted by atomic mass is 10.1. The van der Waals surface area contributed by atoms with E-state index in [1.165, 1.54) is 0 Å². The summed E-state index contributed by atoms with van der Waals surface area (Å²) in [5.74, 6) is 0.537. The predicted octanol–water partition coefficient (Wildman–Crippen LogP) is 2.30. The van der Waals surface area contributed by atoms with E-state index >= 15 is 0 Å². The Balaban J connectivity index is 1.82. The number of amides is 2. The van der Waals surface area contributed by atoms with Crippen molar-refractivity contribution in [3.05, 3.63) is 47.0 Å². The molecule has 0 bridgehead atoms. The van der Waals surface area contributed by atoms with E-state index in [0.717, 1.165) is 36.3 Å². The molecule has 27 heavy (non-hydrogen) atoms. The number of methoxy groups -OCH3 is 1. The summed E-state index contributed by atoms with van der Waals surface area (Å²) >= 11 is 0. The molecule has 2 aromatic rings. The molecule has 0 spiro atoms. The van der Waals surface area contributed by atoms with Gasteiger partial charge in [0.2, 0.25) is 0 Å². The van der Waals surface area contributed by atoms with Crippen molar-refractivity contribution in [2.45, 2.75) is 52.2 Å². The van der Waals surface area contributed by atoms with Gasteiger partial charge in [-0.15, -0.1) is 0 Å². The first-order chi connectivity index (χ1) is 13.0. The summed E-state index contributed by atoms with van der Waals surface area (Å²) in [5, 5.41) is 5.77. The molecule has 0 saturated heterocycles. The molecule has 7 nitrogen and oxygen atoms in total. The maximum Gasteiger partial charge on any atom is 0.287 e. The normalized spacial score (nSPS) is 13.2. The first kappa shape index (κ1) is 18.9. The highest BCUT2D eigenvalue weighted by molar-refractivity contribution is 5.97. The van der Waals surface area contributed by atoms with Crippen LogP contribution in [0.2, 0.25) is 0 Å². The Morgan fingerprint density at radius 2 is 2.00 bits per heavy atom. The number of aromatic nitrogens is 2. The number of carbonyl (C=O) groups excluding carboxylic acids is 2. The van der Waals surface area contributed by atoms with Gasteiger partial charge in [0.15, 0.2) is 5.82 Å². The first-order valence-electron chi connectivity index (χ1n) is 9.31. The largest absolute Gasteiger partial charge is 0.496 e. The molecule has 144 valence electrons. The summed E-state index contributed by atoms with van der Waals surface area (Å²) in [6.45, 7) is 4.85. The van der Waals surface area contributed by atoms with E-state index in [0.29, 0.717) is 24.6 Å². The van der Waals surface area contributed by atoms with Crippen molar-refractivity contribution < 1.29 is 14.3 Å². The average molecular weight is 370 g/mol. The highest BCUT2D eigenvalue weighted by Gasteiger charge is 2.27. The minimum absolute atomic E-state index is 0.0110. The fourth-order valence-electron chi connectivity index (χ4n) is 3.33. The second-order valence-electron chi connectivity index (χ2n) is 6.96. The van der Waals surface area contributed by atoms with E-state index < -0.39 is 0 Å². The highest BCUT2D eigenvalue weighted by atomic mass is 16.5. The Hall–Kier alpha value is -2.83. The molecule has 0 aliphatic carbocycles. The molecule has 1 aliphatic heterocycles. The van der Waals surface area contributed by atoms with Crippen LogP contribution >= 0.6 is 0 Å². The van der Waals surface area contributed by atoms with Gasteiger partial charge in [-0.2, -0.15) is 0 Å². The first-order valence-corrected chi connectivity index (χ1v) is 9.31. The van der Waals surface area contributed by atoms with Crippen molar-refractivity contribution in [3.63, 3.8) is 0 Å². The number of fused-ring (bicyclic) bond motifs is 1. The van der Waals surface area contributed by atoms with Gasteiger partial charge in [-0.1, -0.05) is 18.2 Å². The van der Waals surface area contributed by atoms with Crippen LogP contribution in [-0.4, -0.2) is 34.5 Å². The van der Waals surface area contributed by atoms with Gasteiger partial charge < -0.3 is 19.9 Å². The van der Waals surface area contributed by atoms with Crippen molar-refractivity contribution in [3.8, 4) is 5.75 Å². The van der Waals surface area contributed by atoms with E-state index in [9.17, 15) is 9.59 Å². The van der Waals surface area contributed by atoms with Gasteiger partial charge in [0.25, 0.3) is 11.8 Å². The third-order valence-corrected chi connectivity index (χ3v) is 4.59. The van der Waals surface area contributed by atoms with Gasteiger partial charge in [0, 0.05) is 24.7 Å². The molecule has 2 heterocycles. The maximum absolute atomic E-state index is 12.8. The van der Waals surface area contributed by atoms with Gasteiger partial charge in [-0.3, -0.25) is 9.59 Å². The van der Waals surface area contributed by atoms with Crippen molar-refractivity contribution in [2.75, 3.05) is 7.11 Å². The number of nitrogens with zero attached hydrogens (tertiary/aromatic N) is 2. The van der Waals surface area contributed by atoms with E-state index in [4.69, 9.17) is 4.74 Å². The molecular weight excluding hydrogens is 344 g/mol. The Morgan fingerprint density at radius 1 is 1.22 bits per heavy atom. The molecule has 0 atom stereocenters. The molecule has 0 radical (unpaired) electrons. The molecule has 7 heteroatoms. The zero-order valence-electron chi connectivity index (χ0n) is 16.0. The van der Waals surface area contributed by atoms with Crippen molar-refractivity contribution in [1.82, 2.24) is 20.2 Å². The Bertz CT molecular complexity index is 842. The average Bonchev–Trinajstić information content (AvgIpc) is 3.06. The van der Waals surface area contributed by atoms with Crippen LogP contribution in [0.15, 0.2) is 24.3 Å². The number of imidazole rings is 1. The number of nitrogens with one attached hydrogen (secondary N) is 2. The lowest BCUT2D eigenvalue weighted by Crippen LogP contribution is -2.33. The molecule has 3 rings (SSSR count). The van der Waals surface area contributed by atoms with Gasteiger partial charge in [0.1, 0.15) is 11.4 Å². The van der Waals surface area contributed by atoms with Crippen LogP contribution in [0.5, 0.6) is 5.75 Å². The fraction of sp³-hybridized carbons (Fsp3) is 0.450. The standard InChI is InChI=1S/C20H26N4O3/c1-13(2)22-20(26)18-23-17(15-9-6-7-11-24(15)18)19(25)21-12-14-8-4-5-10-16(14)27-3/h4-5,8,10,13H,6-7,9,11-12H2,1-3H3,(H,21,25)(H,22,26). The van der Waals surface area contributed by atoms with Gasteiger partial charge in [0.05, 0.1) is 12.8 Å².